The number of quaternary nitrogens is 1. The molecular formula is C19H28ClN2O3+. The second-order valence-electron chi connectivity index (χ2n) is 6.72. The second-order valence-corrected chi connectivity index (χ2v) is 7.16. The predicted molar refractivity (Wildman–Crippen MR) is 100 cm³/mol. The molecular weight excluding hydrogens is 340 g/mol. The van der Waals surface area contributed by atoms with Crippen LogP contribution in [0.15, 0.2) is 12.1 Å². The molecule has 1 atom stereocenters. The Morgan fingerprint density at radius 1 is 1.28 bits per heavy atom. The van der Waals surface area contributed by atoms with Crippen LogP contribution in [0.3, 0.4) is 0 Å². The fourth-order valence-corrected chi connectivity index (χ4v) is 3.97. The van der Waals surface area contributed by atoms with Crippen molar-refractivity contribution in [2.24, 2.45) is 0 Å². The largest absolute Gasteiger partial charge is 0.462 e. The maximum Gasteiger partial charge on any atom is 0.340 e. The predicted octanol–water partition coefficient (Wildman–Crippen LogP) is 3.78. The number of benzene rings is 1. The monoisotopic (exact) mass is 367 g/mol. The Morgan fingerprint density at radius 3 is 2.48 bits per heavy atom. The van der Waals surface area contributed by atoms with Crippen molar-refractivity contribution < 1.29 is 18.8 Å². The molecule has 2 rings (SSSR count). The molecule has 6 heteroatoms. The van der Waals surface area contributed by atoms with Crippen LogP contribution in [0.5, 0.6) is 0 Å². The molecule has 1 heterocycles. The van der Waals surface area contributed by atoms with E-state index in [9.17, 15) is 9.59 Å². The number of carbonyl (C=O) groups is 2. The van der Waals surface area contributed by atoms with Crippen LogP contribution in [0.1, 0.15) is 49.5 Å². The molecule has 1 aliphatic heterocycles. The van der Waals surface area contributed by atoms with Gasteiger partial charge in [0.15, 0.2) is 6.04 Å². The van der Waals surface area contributed by atoms with Gasteiger partial charge in [-0.3, -0.25) is 4.79 Å². The van der Waals surface area contributed by atoms with Gasteiger partial charge in [0.25, 0.3) is 5.91 Å². The van der Waals surface area contributed by atoms with Gasteiger partial charge < -0.3 is 14.5 Å². The van der Waals surface area contributed by atoms with Crippen LogP contribution in [-0.4, -0.2) is 48.6 Å². The molecule has 0 bridgehead atoms. The first kappa shape index (κ1) is 19.7. The van der Waals surface area contributed by atoms with Crippen molar-refractivity contribution >= 4 is 29.2 Å². The van der Waals surface area contributed by atoms with Crippen molar-refractivity contribution in [1.29, 1.82) is 0 Å². The molecule has 1 aliphatic rings. The molecule has 1 amide bonds. The lowest BCUT2D eigenvalue weighted by molar-refractivity contribution is -0.928. The molecule has 138 valence electrons. The van der Waals surface area contributed by atoms with E-state index in [0.717, 1.165) is 42.5 Å². The minimum Gasteiger partial charge on any atom is -0.462 e. The molecule has 0 aliphatic carbocycles. The summed E-state index contributed by atoms with van der Waals surface area (Å²) >= 11 is 6.09. The number of anilines is 1. The summed E-state index contributed by atoms with van der Waals surface area (Å²) in [5.41, 5.74) is 1.55. The van der Waals surface area contributed by atoms with Gasteiger partial charge in [-0.05, 0) is 45.4 Å². The first-order chi connectivity index (χ1) is 11.8. The third kappa shape index (κ3) is 4.15. The summed E-state index contributed by atoms with van der Waals surface area (Å²) in [6.07, 6.45) is 2.30. The highest BCUT2D eigenvalue weighted by Gasteiger charge is 2.40. The lowest BCUT2D eigenvalue weighted by Crippen LogP contribution is -2.56. The Hall–Kier alpha value is -1.59. The van der Waals surface area contributed by atoms with Gasteiger partial charge in [0.05, 0.1) is 37.5 Å². The van der Waals surface area contributed by atoms with E-state index in [1.54, 1.807) is 19.1 Å². The second kappa shape index (κ2) is 8.19. The molecule has 5 nitrogen and oxygen atoms in total. The molecule has 1 N–H and O–H groups in total. The molecule has 1 unspecified atom stereocenters. The molecule has 0 spiro atoms. The first-order valence-corrected chi connectivity index (χ1v) is 9.36. The van der Waals surface area contributed by atoms with Crippen LogP contribution in [0.25, 0.3) is 0 Å². The number of likely N-dealkylation sites (N-methyl/N-ethyl adjacent to an activating group) is 1. The number of halogens is 1. The van der Waals surface area contributed by atoms with Crippen molar-refractivity contribution in [2.75, 3.05) is 31.6 Å². The zero-order chi connectivity index (χ0) is 18.6. The van der Waals surface area contributed by atoms with Gasteiger partial charge in [-0.25, -0.2) is 4.79 Å². The van der Waals surface area contributed by atoms with Crippen LogP contribution < -0.4 is 5.32 Å². The average Bonchev–Trinajstić information content (AvgIpc) is 3.06. The number of ether oxygens (including phenoxy) is 1. The lowest BCUT2D eigenvalue weighted by atomic mass is 10.1. The maximum atomic E-state index is 12.9. The van der Waals surface area contributed by atoms with Gasteiger partial charge in [0, 0.05) is 17.9 Å². The third-order valence-electron chi connectivity index (χ3n) is 5.33. The van der Waals surface area contributed by atoms with E-state index < -0.39 is 5.97 Å². The number of amides is 1. The number of carbonyl (C=O) groups excluding carboxylic acids is 2. The fourth-order valence-electron chi connectivity index (χ4n) is 3.70. The van der Waals surface area contributed by atoms with Crippen molar-refractivity contribution in [2.45, 2.75) is 46.6 Å². The summed E-state index contributed by atoms with van der Waals surface area (Å²) in [7, 11) is 0. The van der Waals surface area contributed by atoms with Gasteiger partial charge in [-0.2, -0.15) is 0 Å². The van der Waals surface area contributed by atoms with E-state index in [4.69, 9.17) is 16.3 Å². The number of nitrogens with zero attached hydrogens (tertiary/aromatic N) is 1. The summed E-state index contributed by atoms with van der Waals surface area (Å²) < 4.78 is 5.91. The summed E-state index contributed by atoms with van der Waals surface area (Å²) in [6.45, 7) is 10.9. The zero-order valence-electron chi connectivity index (χ0n) is 15.5. The number of rotatable bonds is 6. The van der Waals surface area contributed by atoms with Gasteiger partial charge in [0.2, 0.25) is 0 Å². The summed E-state index contributed by atoms with van der Waals surface area (Å²) in [6, 6.07) is 3.12. The van der Waals surface area contributed by atoms with Crippen molar-refractivity contribution in [3.05, 3.63) is 28.3 Å². The molecule has 1 saturated heterocycles. The number of likely N-dealkylation sites (tertiary alicyclic amines) is 1. The van der Waals surface area contributed by atoms with Crippen molar-refractivity contribution in [3.8, 4) is 0 Å². The summed E-state index contributed by atoms with van der Waals surface area (Å²) in [5, 5.41) is 3.41. The molecule has 0 radical (unpaired) electrons. The van der Waals surface area contributed by atoms with Gasteiger partial charge >= 0.3 is 5.97 Å². The Balaban J connectivity index is 2.29. The maximum absolute atomic E-state index is 12.9. The highest BCUT2D eigenvalue weighted by atomic mass is 35.5. The highest BCUT2D eigenvalue weighted by molar-refractivity contribution is 6.31. The SMILES string of the molecule is CCOC(=O)c1cc(Cl)cc(C)c1NC(=O)C(C)[N+]1(CC)CCCC1. The molecule has 0 saturated carbocycles. The normalized spacial score (nSPS) is 17.2. The Morgan fingerprint density at radius 2 is 1.92 bits per heavy atom. The molecule has 1 aromatic rings. The highest BCUT2D eigenvalue weighted by Crippen LogP contribution is 2.29. The Bertz CT molecular complexity index is 654. The van der Waals surface area contributed by atoms with E-state index in [-0.39, 0.29) is 18.6 Å². The van der Waals surface area contributed by atoms with Crippen LogP contribution in [-0.2, 0) is 9.53 Å². The Kier molecular flexibility index (Phi) is 6.47. The number of nitrogens with one attached hydrogen (secondary N) is 1. The van der Waals surface area contributed by atoms with E-state index in [1.165, 1.54) is 0 Å². The molecule has 1 fully saturated rings. The van der Waals surface area contributed by atoms with Crippen molar-refractivity contribution in [3.63, 3.8) is 0 Å². The van der Waals surface area contributed by atoms with Crippen LogP contribution in [0, 0.1) is 6.92 Å². The standard InChI is InChI=1S/C19H27ClN2O3/c1-5-22(9-7-8-10-22)14(4)18(23)21-17-13(3)11-15(20)12-16(17)19(24)25-6-2/h11-12,14H,5-10H2,1-4H3/p+1. The topological polar surface area (TPSA) is 55.4 Å². The first-order valence-electron chi connectivity index (χ1n) is 8.98. The van der Waals surface area contributed by atoms with Gasteiger partial charge in [-0.1, -0.05) is 11.6 Å². The Labute approximate surface area is 154 Å². The van der Waals surface area contributed by atoms with Gasteiger partial charge in [0.1, 0.15) is 0 Å². The number of hydrogen-bond donors (Lipinski definition) is 1. The van der Waals surface area contributed by atoms with Crippen LogP contribution in [0.4, 0.5) is 5.69 Å². The van der Waals surface area contributed by atoms with E-state index in [2.05, 4.69) is 12.2 Å². The lowest BCUT2D eigenvalue weighted by Gasteiger charge is -2.38. The smallest absolute Gasteiger partial charge is 0.340 e. The minimum atomic E-state index is -0.475. The van der Waals surface area contributed by atoms with E-state index in [0.29, 0.717) is 16.3 Å². The van der Waals surface area contributed by atoms with Crippen LogP contribution in [0.2, 0.25) is 5.02 Å². The summed E-state index contributed by atoms with van der Waals surface area (Å²) in [5.74, 6) is -0.545. The van der Waals surface area contributed by atoms with Gasteiger partial charge in [-0.15, -0.1) is 0 Å². The third-order valence-corrected chi connectivity index (χ3v) is 5.55. The number of hydrogen-bond acceptors (Lipinski definition) is 3. The molecule has 0 aromatic heterocycles. The van der Waals surface area contributed by atoms with E-state index >= 15 is 0 Å². The average molecular weight is 368 g/mol. The fraction of sp³-hybridized carbons (Fsp3) is 0.579. The van der Waals surface area contributed by atoms with E-state index in [1.807, 2.05) is 13.8 Å². The van der Waals surface area contributed by atoms with Crippen LogP contribution >= 0.6 is 11.6 Å². The van der Waals surface area contributed by atoms with Crippen molar-refractivity contribution in [1.82, 2.24) is 0 Å². The minimum absolute atomic E-state index is 0.0697. The number of aryl methyl sites for hydroxylation is 1. The molecule has 1 aromatic carbocycles. The quantitative estimate of drug-likeness (QED) is 0.615. The zero-order valence-corrected chi connectivity index (χ0v) is 16.3. The summed E-state index contributed by atoms with van der Waals surface area (Å²) in [4.78, 5) is 25.2. The number of esters is 1. The molecule has 25 heavy (non-hydrogen) atoms.